The first kappa shape index (κ1) is 40.7. The number of hydrogen-bond acceptors (Lipinski definition) is 6. The van der Waals surface area contributed by atoms with Gasteiger partial charge in [-0.2, -0.15) is 0 Å². The number of carbonyl (C=O) groups is 4. The first-order chi connectivity index (χ1) is 20.3. The minimum absolute atomic E-state index is 0.289. The summed E-state index contributed by atoms with van der Waals surface area (Å²) in [5.74, 6) is -5.14. The monoisotopic (exact) mass is 741 g/mol. The Hall–Kier alpha value is -2.34. The van der Waals surface area contributed by atoms with Crippen LogP contribution in [-0.4, -0.2) is 76.8 Å². The van der Waals surface area contributed by atoms with Gasteiger partial charge in [0.15, 0.2) is 0 Å². The predicted molar refractivity (Wildman–Crippen MR) is 181 cm³/mol. The molecular weight excluding hydrogens is 681 g/mol. The number of rotatable bonds is 15. The maximum atomic E-state index is 13.2. The van der Waals surface area contributed by atoms with E-state index in [1.165, 1.54) is 9.14 Å². The Morgan fingerprint density at radius 3 is 1.78 bits per heavy atom. The fraction of sp³-hybridized carbons (Fsp3) is 0.706. The van der Waals surface area contributed by atoms with Gasteiger partial charge in [-0.25, -0.2) is 14.4 Å². The van der Waals surface area contributed by atoms with Crippen molar-refractivity contribution in [3.05, 3.63) is 29.8 Å². The zero-order valence-electron chi connectivity index (χ0n) is 29.6. The number of nitrogens with one attached hydrogen (secondary N) is 3. The molecule has 0 bridgehead atoms. The number of carboxylic acids is 2. The average molecular weight is 741 g/mol. The van der Waals surface area contributed by atoms with Crippen LogP contribution in [0.15, 0.2) is 24.3 Å². The number of ether oxygens (including phenoxy) is 1. The summed E-state index contributed by atoms with van der Waals surface area (Å²) >= 11 is -2.08. The second kappa shape index (κ2) is 16.5. The molecule has 0 aliphatic carbocycles. The Morgan fingerprint density at radius 1 is 0.800 bits per heavy atom. The molecule has 256 valence electrons. The van der Waals surface area contributed by atoms with Gasteiger partial charge in [0.25, 0.3) is 0 Å². The van der Waals surface area contributed by atoms with Crippen LogP contribution in [0.4, 0.5) is 4.79 Å². The van der Waals surface area contributed by atoms with Crippen LogP contribution in [0.25, 0.3) is 0 Å². The first-order valence-corrected chi connectivity index (χ1v) is 25.9. The van der Waals surface area contributed by atoms with E-state index in [1.54, 1.807) is 62.3 Å². The summed E-state index contributed by atoms with van der Waals surface area (Å²) in [7, 11) is 0. The molecule has 0 aromatic heterocycles. The van der Waals surface area contributed by atoms with Crippen molar-refractivity contribution < 1.29 is 34.1 Å². The van der Waals surface area contributed by atoms with Crippen molar-refractivity contribution in [1.29, 1.82) is 0 Å². The number of aliphatic carboxylic acids is 2. The smallest absolute Gasteiger partial charge is 0.481 e. The summed E-state index contributed by atoms with van der Waals surface area (Å²) in [6.45, 7) is 17.1. The second-order valence-electron chi connectivity index (χ2n) is 16.2. The number of urea groups is 1. The van der Waals surface area contributed by atoms with Crippen LogP contribution >= 0.6 is 0 Å². The topological polar surface area (TPSA) is 154 Å². The van der Waals surface area contributed by atoms with Crippen LogP contribution in [0, 0.1) is 22.7 Å². The van der Waals surface area contributed by atoms with Crippen LogP contribution in [0.5, 0.6) is 0 Å². The SMILES string of the molecule is CC(C)(C)OC(=O)C(CCCCNCc1cc[c]([Sn]([CH3])([CH3])[CH3])cc1)NC(=O)NC(C(=O)O)C(C(C(=O)O)C(C)(C)C)C(C)(C)C. The number of carbonyl (C=O) groups excluding carboxylic acids is 2. The summed E-state index contributed by atoms with van der Waals surface area (Å²) < 4.78 is 7.04. The van der Waals surface area contributed by atoms with E-state index in [4.69, 9.17) is 4.74 Å². The van der Waals surface area contributed by atoms with Crippen LogP contribution in [0.1, 0.15) is 87.1 Å². The molecule has 1 aromatic carbocycles. The van der Waals surface area contributed by atoms with Crippen molar-refractivity contribution in [2.45, 2.75) is 121 Å². The van der Waals surface area contributed by atoms with Gasteiger partial charge in [-0.1, -0.05) is 41.5 Å². The van der Waals surface area contributed by atoms with Crippen LogP contribution < -0.4 is 19.5 Å². The molecule has 1 aromatic rings. The predicted octanol–water partition coefficient (Wildman–Crippen LogP) is 5.36. The molecule has 0 heterocycles. The molecule has 0 spiro atoms. The molecule has 45 heavy (non-hydrogen) atoms. The fourth-order valence-corrected chi connectivity index (χ4v) is 8.81. The Kier molecular flexibility index (Phi) is 14.9. The Bertz CT molecular complexity index is 1140. The van der Waals surface area contributed by atoms with E-state index in [1.807, 2.05) is 0 Å². The van der Waals surface area contributed by atoms with Crippen molar-refractivity contribution in [2.24, 2.45) is 22.7 Å². The summed E-state index contributed by atoms with van der Waals surface area (Å²) in [5.41, 5.74) is -1.16. The fourth-order valence-electron chi connectivity index (χ4n) is 5.48. The third kappa shape index (κ3) is 14.3. The zero-order chi connectivity index (χ0) is 35.0. The van der Waals surface area contributed by atoms with Crippen molar-refractivity contribution in [1.82, 2.24) is 16.0 Å². The van der Waals surface area contributed by atoms with Gasteiger partial charge in [0.1, 0.15) is 11.6 Å². The van der Waals surface area contributed by atoms with Gasteiger partial charge in [0, 0.05) is 5.92 Å². The van der Waals surface area contributed by atoms with E-state index in [-0.39, 0.29) is 6.42 Å². The molecule has 0 radical (unpaired) electrons. The minimum atomic E-state index is -2.08. The molecule has 10 nitrogen and oxygen atoms in total. The maximum absolute atomic E-state index is 13.2. The zero-order valence-corrected chi connectivity index (χ0v) is 32.4. The van der Waals surface area contributed by atoms with E-state index < -0.39 is 82.7 Å². The molecular formula is C34H59N3O7Sn. The average Bonchev–Trinajstić information content (AvgIpc) is 2.84. The molecule has 2 amide bonds. The van der Waals surface area contributed by atoms with Crippen molar-refractivity contribution in [3.63, 3.8) is 0 Å². The standard InChI is InChI=1S/C31H50N3O7.3CH3.Sn/c1-29(2,3)22(23(25(35)36)30(4,5)6)24(26(37)38)34-28(40)33-21(27(39)41-31(7,8)9)17-13-14-18-32-19-20-15-11-10-12-16-20;;;;/h11-12,15-16,21-24,32H,13-14,17-19H2,1-9H3,(H,35,36)(H,37,38)(H2,33,34,40);3*1H3;. The number of esters is 1. The third-order valence-corrected chi connectivity index (χ3v) is 13.6. The number of benzene rings is 1. The molecule has 0 aliphatic rings. The van der Waals surface area contributed by atoms with Gasteiger partial charge in [-0.3, -0.25) is 4.79 Å². The second-order valence-corrected chi connectivity index (χ2v) is 30.7. The molecule has 5 N–H and O–H groups in total. The van der Waals surface area contributed by atoms with Crippen LogP contribution in [0.2, 0.25) is 14.8 Å². The number of hydrogen-bond donors (Lipinski definition) is 5. The molecule has 4 atom stereocenters. The molecule has 4 unspecified atom stereocenters. The van der Waals surface area contributed by atoms with Crippen LogP contribution in [-0.2, 0) is 25.7 Å². The third-order valence-electron chi connectivity index (χ3n) is 7.71. The summed E-state index contributed by atoms with van der Waals surface area (Å²) in [6, 6.07) is 5.40. The van der Waals surface area contributed by atoms with Gasteiger partial charge in [-0.05, 0) is 31.6 Å². The van der Waals surface area contributed by atoms with E-state index >= 15 is 0 Å². The van der Waals surface area contributed by atoms with Crippen LogP contribution in [0.3, 0.4) is 0 Å². The first-order valence-electron chi connectivity index (χ1n) is 15.9. The van der Waals surface area contributed by atoms with E-state index in [0.717, 1.165) is 13.0 Å². The number of carboxylic acid groups (broad SMARTS) is 2. The van der Waals surface area contributed by atoms with Crippen molar-refractivity contribution in [3.8, 4) is 0 Å². The summed E-state index contributed by atoms with van der Waals surface area (Å²) in [6.07, 6.45) is 1.64. The summed E-state index contributed by atoms with van der Waals surface area (Å²) in [5, 5.41) is 28.8. The van der Waals surface area contributed by atoms with Crippen molar-refractivity contribution >= 4 is 45.9 Å². The van der Waals surface area contributed by atoms with Gasteiger partial charge >= 0.3 is 140 Å². The Balaban J connectivity index is 2.97. The van der Waals surface area contributed by atoms with Crippen molar-refractivity contribution in [2.75, 3.05) is 6.54 Å². The van der Waals surface area contributed by atoms with Gasteiger partial charge < -0.3 is 20.3 Å². The van der Waals surface area contributed by atoms with E-state index in [0.29, 0.717) is 13.0 Å². The number of unbranched alkanes of at least 4 members (excludes halogenated alkanes) is 1. The molecule has 0 saturated carbocycles. The van der Waals surface area contributed by atoms with E-state index in [2.05, 4.69) is 55.0 Å². The quantitative estimate of drug-likeness (QED) is 0.0916. The summed E-state index contributed by atoms with van der Waals surface area (Å²) in [4.78, 5) is 58.3. The van der Waals surface area contributed by atoms with E-state index in [9.17, 15) is 29.4 Å². The van der Waals surface area contributed by atoms with Gasteiger partial charge in [0.2, 0.25) is 0 Å². The molecule has 0 aliphatic heterocycles. The Morgan fingerprint density at radius 2 is 1.36 bits per heavy atom. The molecule has 11 heteroatoms. The molecule has 0 saturated heterocycles. The minimum Gasteiger partial charge on any atom is -0.481 e. The normalized spacial score (nSPS) is 15.4. The number of amides is 2. The molecule has 1 rings (SSSR count). The van der Waals surface area contributed by atoms with Gasteiger partial charge in [-0.15, -0.1) is 0 Å². The molecule has 0 fully saturated rings. The Labute approximate surface area is 274 Å². The van der Waals surface area contributed by atoms with Gasteiger partial charge in [0.05, 0.1) is 5.92 Å².